The van der Waals surface area contributed by atoms with Crippen molar-refractivity contribution in [3.8, 4) is 5.75 Å². The fourth-order valence-electron chi connectivity index (χ4n) is 2.09. The Bertz CT molecular complexity index is 831. The summed E-state index contributed by atoms with van der Waals surface area (Å²) in [6, 6.07) is 5.74. The van der Waals surface area contributed by atoms with Gasteiger partial charge in [-0.15, -0.1) is 11.3 Å². The van der Waals surface area contributed by atoms with Crippen LogP contribution in [0.4, 0.5) is 10.7 Å². The van der Waals surface area contributed by atoms with Gasteiger partial charge in [0.2, 0.25) is 0 Å². The molecule has 2 N–H and O–H groups in total. The third-order valence-electron chi connectivity index (χ3n) is 3.23. The number of nitro benzene ring substituents is 1. The second kappa shape index (κ2) is 7.62. The first-order chi connectivity index (χ1) is 11.9. The van der Waals surface area contributed by atoms with Gasteiger partial charge in [0.05, 0.1) is 19.1 Å². The maximum Gasteiger partial charge on any atom is 0.348 e. The molecule has 0 spiro atoms. The lowest BCUT2D eigenvalue weighted by Gasteiger charge is -2.09. The van der Waals surface area contributed by atoms with Crippen molar-refractivity contribution in [2.75, 3.05) is 20.0 Å². The van der Waals surface area contributed by atoms with Crippen LogP contribution in [0.5, 0.6) is 5.75 Å². The van der Waals surface area contributed by atoms with Gasteiger partial charge in [-0.1, -0.05) is 12.1 Å². The normalized spacial score (nSPS) is 10.2. The van der Waals surface area contributed by atoms with Crippen LogP contribution in [-0.4, -0.2) is 31.1 Å². The molecule has 0 saturated heterocycles. The molecule has 0 saturated carbocycles. The zero-order valence-corrected chi connectivity index (χ0v) is 14.1. The van der Waals surface area contributed by atoms with Gasteiger partial charge in [-0.2, -0.15) is 0 Å². The number of anilines is 1. The van der Waals surface area contributed by atoms with E-state index in [4.69, 9.17) is 10.5 Å². The molecule has 9 nitrogen and oxygen atoms in total. The smallest absolute Gasteiger partial charge is 0.348 e. The number of carbonyl (C=O) groups excluding carboxylic acids is 2. The summed E-state index contributed by atoms with van der Waals surface area (Å²) < 4.78 is 14.8. The number of nitrogens with two attached hydrogens (primary N) is 1. The van der Waals surface area contributed by atoms with E-state index in [1.165, 1.54) is 32.4 Å². The van der Waals surface area contributed by atoms with Crippen LogP contribution in [-0.2, 0) is 16.1 Å². The number of esters is 2. The van der Waals surface area contributed by atoms with E-state index < -0.39 is 16.9 Å². The lowest BCUT2D eigenvalue weighted by molar-refractivity contribution is -0.385. The summed E-state index contributed by atoms with van der Waals surface area (Å²) in [5.41, 5.74) is 5.69. The molecule has 0 atom stereocenters. The molecule has 0 aliphatic heterocycles. The van der Waals surface area contributed by atoms with Crippen LogP contribution in [0.1, 0.15) is 25.6 Å². The highest BCUT2D eigenvalue weighted by atomic mass is 32.1. The highest BCUT2D eigenvalue weighted by molar-refractivity contribution is 7.18. The Kier molecular flexibility index (Phi) is 5.55. The lowest BCUT2D eigenvalue weighted by atomic mass is 10.1. The van der Waals surface area contributed by atoms with Crippen molar-refractivity contribution in [1.82, 2.24) is 0 Å². The molecule has 25 heavy (non-hydrogen) atoms. The predicted molar refractivity (Wildman–Crippen MR) is 88.8 cm³/mol. The van der Waals surface area contributed by atoms with Gasteiger partial charge in [-0.25, -0.2) is 9.59 Å². The van der Waals surface area contributed by atoms with Crippen LogP contribution in [0.3, 0.4) is 0 Å². The standard InChI is InChI=1S/C15H14N2O7S/c1-22-14(18)11-8(12(15(19)23-2)25-13(11)16)7-24-10-6-4-3-5-9(10)17(20)21/h3-6H,7,16H2,1-2H3. The third kappa shape index (κ3) is 3.69. The molecular weight excluding hydrogens is 352 g/mol. The number of rotatable bonds is 6. The number of ether oxygens (including phenoxy) is 3. The van der Waals surface area contributed by atoms with Gasteiger partial charge >= 0.3 is 17.6 Å². The van der Waals surface area contributed by atoms with Crippen molar-refractivity contribution in [3.63, 3.8) is 0 Å². The molecule has 1 aromatic carbocycles. The zero-order valence-electron chi connectivity index (χ0n) is 13.3. The molecule has 2 rings (SSSR count). The molecule has 1 heterocycles. The Balaban J connectivity index is 2.43. The first-order valence-electron chi connectivity index (χ1n) is 6.84. The van der Waals surface area contributed by atoms with E-state index in [-0.39, 0.29) is 39.0 Å². The molecule has 0 bridgehead atoms. The minimum Gasteiger partial charge on any atom is -0.482 e. The Morgan fingerprint density at radius 2 is 1.84 bits per heavy atom. The summed E-state index contributed by atoms with van der Waals surface area (Å²) in [6.45, 7) is -0.298. The first kappa shape index (κ1) is 18.2. The molecule has 2 aromatic rings. The predicted octanol–water partition coefficient (Wildman–Crippen LogP) is 2.39. The Morgan fingerprint density at radius 1 is 1.20 bits per heavy atom. The lowest BCUT2D eigenvalue weighted by Crippen LogP contribution is -2.11. The molecule has 0 unspecified atom stereocenters. The minimum absolute atomic E-state index is 0.0103. The fraction of sp³-hybridized carbons (Fsp3) is 0.200. The Labute approximate surface area is 146 Å². The summed E-state index contributed by atoms with van der Waals surface area (Å²) >= 11 is 0.852. The molecule has 0 radical (unpaired) electrons. The summed E-state index contributed by atoms with van der Waals surface area (Å²) in [5.74, 6) is -1.46. The largest absolute Gasteiger partial charge is 0.482 e. The van der Waals surface area contributed by atoms with Crippen LogP contribution in [0.25, 0.3) is 0 Å². The van der Waals surface area contributed by atoms with Gasteiger partial charge in [0.25, 0.3) is 0 Å². The second-order valence-corrected chi connectivity index (χ2v) is 5.70. The maximum absolute atomic E-state index is 12.0. The molecule has 0 fully saturated rings. The number of nitrogens with zero attached hydrogens (tertiary/aromatic N) is 1. The molecule has 0 amide bonds. The number of hydrogen-bond acceptors (Lipinski definition) is 9. The Morgan fingerprint density at radius 3 is 2.44 bits per heavy atom. The van der Waals surface area contributed by atoms with E-state index >= 15 is 0 Å². The number of thiophene rings is 1. The van der Waals surface area contributed by atoms with Crippen molar-refractivity contribution >= 4 is 34.0 Å². The number of para-hydroxylation sites is 2. The summed E-state index contributed by atoms with van der Waals surface area (Å²) in [5, 5.41) is 11.1. The molecule has 0 aliphatic rings. The van der Waals surface area contributed by atoms with Gasteiger partial charge in [-0.05, 0) is 6.07 Å². The van der Waals surface area contributed by atoms with Gasteiger partial charge < -0.3 is 19.9 Å². The van der Waals surface area contributed by atoms with Gasteiger partial charge in [0, 0.05) is 11.6 Å². The molecule has 1 aromatic heterocycles. The van der Waals surface area contributed by atoms with Crippen molar-refractivity contribution in [3.05, 3.63) is 50.4 Å². The number of carbonyl (C=O) groups is 2. The molecular formula is C15H14N2O7S. The van der Waals surface area contributed by atoms with Crippen LogP contribution in [0.15, 0.2) is 24.3 Å². The van der Waals surface area contributed by atoms with Crippen LogP contribution >= 0.6 is 11.3 Å². The number of nitrogen functional groups attached to an aromatic ring is 1. The SMILES string of the molecule is COC(=O)c1sc(N)c(C(=O)OC)c1COc1ccccc1[N+](=O)[O-]. The zero-order chi connectivity index (χ0) is 18.6. The number of methoxy groups -OCH3 is 2. The van der Waals surface area contributed by atoms with Gasteiger partial charge in [0.1, 0.15) is 22.0 Å². The minimum atomic E-state index is -0.745. The van der Waals surface area contributed by atoms with Crippen LogP contribution < -0.4 is 10.5 Å². The topological polar surface area (TPSA) is 131 Å². The number of nitro groups is 1. The molecule has 132 valence electrons. The quantitative estimate of drug-likeness (QED) is 0.468. The van der Waals surface area contributed by atoms with Crippen molar-refractivity contribution in [1.29, 1.82) is 0 Å². The molecule has 10 heteroatoms. The second-order valence-electron chi connectivity index (χ2n) is 4.65. The van der Waals surface area contributed by atoms with E-state index in [1.807, 2.05) is 0 Å². The van der Waals surface area contributed by atoms with E-state index in [0.29, 0.717) is 0 Å². The summed E-state index contributed by atoms with van der Waals surface area (Å²) in [7, 11) is 2.35. The fourth-order valence-corrected chi connectivity index (χ4v) is 3.07. The number of hydrogen-bond donors (Lipinski definition) is 1. The van der Waals surface area contributed by atoms with E-state index in [9.17, 15) is 19.7 Å². The highest BCUT2D eigenvalue weighted by Gasteiger charge is 2.28. The van der Waals surface area contributed by atoms with E-state index in [0.717, 1.165) is 11.3 Å². The van der Waals surface area contributed by atoms with Gasteiger partial charge in [0.15, 0.2) is 5.75 Å². The summed E-state index contributed by atoms with van der Waals surface area (Å²) in [4.78, 5) is 34.4. The van der Waals surface area contributed by atoms with E-state index in [2.05, 4.69) is 9.47 Å². The van der Waals surface area contributed by atoms with Gasteiger partial charge in [-0.3, -0.25) is 10.1 Å². The number of benzene rings is 1. The maximum atomic E-state index is 12.0. The van der Waals surface area contributed by atoms with Crippen LogP contribution in [0, 0.1) is 10.1 Å². The average molecular weight is 366 g/mol. The van der Waals surface area contributed by atoms with Crippen molar-refractivity contribution in [2.45, 2.75) is 6.61 Å². The van der Waals surface area contributed by atoms with E-state index in [1.54, 1.807) is 6.07 Å². The highest BCUT2D eigenvalue weighted by Crippen LogP contribution is 2.34. The Hall–Kier alpha value is -3.14. The monoisotopic (exact) mass is 366 g/mol. The summed E-state index contributed by atoms with van der Waals surface area (Å²) in [6.07, 6.45) is 0. The molecule has 0 aliphatic carbocycles. The van der Waals surface area contributed by atoms with Crippen molar-refractivity contribution in [2.24, 2.45) is 0 Å². The van der Waals surface area contributed by atoms with Crippen LogP contribution in [0.2, 0.25) is 0 Å². The third-order valence-corrected chi connectivity index (χ3v) is 4.27. The van der Waals surface area contributed by atoms with Crippen molar-refractivity contribution < 1.29 is 28.7 Å². The first-order valence-corrected chi connectivity index (χ1v) is 7.66. The average Bonchev–Trinajstić information content (AvgIpc) is 2.95.